The van der Waals surface area contributed by atoms with Gasteiger partial charge in [-0.3, -0.25) is 0 Å². The molecule has 1 rings (SSSR count). The van der Waals surface area contributed by atoms with Crippen LogP contribution >= 0.6 is 22.6 Å². The molecule has 4 heteroatoms. The Morgan fingerprint density at radius 3 is 2.50 bits per heavy atom. The van der Waals surface area contributed by atoms with Gasteiger partial charge in [-0.05, 0) is 6.42 Å². The van der Waals surface area contributed by atoms with Crippen molar-refractivity contribution in [2.24, 2.45) is 0 Å². The summed E-state index contributed by atoms with van der Waals surface area (Å²) in [6.45, 7) is 2.24. The maximum absolute atomic E-state index is 5.02. The van der Waals surface area contributed by atoms with E-state index in [-0.39, 0.29) is 0 Å². The molecule has 0 aliphatic heterocycles. The van der Waals surface area contributed by atoms with E-state index in [2.05, 4.69) is 39.7 Å². The average Bonchev–Trinajstić information content (AvgIpc) is 2.58. The molecule has 0 saturated heterocycles. The Balaban J connectivity index is 1.99. The van der Waals surface area contributed by atoms with Gasteiger partial charge < -0.3 is 4.52 Å². The van der Waals surface area contributed by atoms with Crippen LogP contribution in [0.25, 0.3) is 0 Å². The van der Waals surface area contributed by atoms with E-state index in [9.17, 15) is 0 Å². The highest BCUT2D eigenvalue weighted by Crippen LogP contribution is 2.09. The van der Waals surface area contributed by atoms with Crippen LogP contribution in [0.15, 0.2) is 4.52 Å². The molecule has 0 unspecified atom stereocenters. The summed E-state index contributed by atoms with van der Waals surface area (Å²) in [5.74, 6) is 0.782. The first kappa shape index (κ1) is 11.9. The van der Waals surface area contributed by atoms with Gasteiger partial charge in [0.15, 0.2) is 0 Å². The first-order chi connectivity index (χ1) is 6.83. The number of hydrogen-bond donors (Lipinski definition) is 0. The summed E-state index contributed by atoms with van der Waals surface area (Å²) in [6.07, 6.45) is 8.74. The predicted molar refractivity (Wildman–Crippen MR) is 64.1 cm³/mol. The van der Waals surface area contributed by atoms with Crippen LogP contribution in [0.2, 0.25) is 0 Å². The van der Waals surface area contributed by atoms with Gasteiger partial charge in [0.1, 0.15) is 0 Å². The minimum absolute atomic E-state index is 0.712. The highest BCUT2D eigenvalue weighted by molar-refractivity contribution is 14.1. The van der Waals surface area contributed by atoms with Crippen molar-refractivity contribution >= 4 is 22.6 Å². The average molecular weight is 308 g/mol. The molecule has 1 aromatic rings. The first-order valence-electron chi connectivity index (χ1n) is 5.31. The Hall–Kier alpha value is -0.130. The molecule has 0 aliphatic rings. The lowest BCUT2D eigenvalue weighted by Gasteiger charge is -1.97. The first-order valence-corrected chi connectivity index (χ1v) is 6.39. The number of aryl methyl sites for hydroxylation is 1. The fraction of sp³-hybridized carbons (Fsp3) is 0.800. The molecule has 0 bridgehead atoms. The SMILES string of the molecule is CCCCCCCCc1nc(I)no1. The summed E-state index contributed by atoms with van der Waals surface area (Å²) >= 11 is 2.06. The number of nitrogens with zero attached hydrogens (tertiary/aromatic N) is 2. The van der Waals surface area contributed by atoms with E-state index in [1.54, 1.807) is 0 Å². The zero-order valence-electron chi connectivity index (χ0n) is 8.63. The molecule has 0 aromatic carbocycles. The quantitative estimate of drug-likeness (QED) is 0.571. The highest BCUT2D eigenvalue weighted by Gasteiger charge is 2.02. The maximum atomic E-state index is 5.02. The summed E-state index contributed by atoms with van der Waals surface area (Å²) in [4.78, 5) is 4.15. The molecule has 0 saturated carbocycles. The number of halogens is 1. The number of aromatic nitrogens is 2. The van der Waals surface area contributed by atoms with Crippen molar-refractivity contribution in [2.75, 3.05) is 0 Å². The summed E-state index contributed by atoms with van der Waals surface area (Å²) in [5, 5.41) is 3.75. The van der Waals surface area contributed by atoms with Gasteiger partial charge >= 0.3 is 0 Å². The van der Waals surface area contributed by atoms with Gasteiger partial charge in [0.05, 0.1) is 0 Å². The lowest BCUT2D eigenvalue weighted by molar-refractivity contribution is 0.370. The fourth-order valence-electron chi connectivity index (χ4n) is 1.39. The Kier molecular flexibility index (Phi) is 6.14. The number of rotatable bonds is 7. The topological polar surface area (TPSA) is 38.9 Å². The number of hydrogen-bond acceptors (Lipinski definition) is 3. The van der Waals surface area contributed by atoms with E-state index in [1.165, 1.54) is 38.5 Å². The minimum atomic E-state index is 0.712. The van der Waals surface area contributed by atoms with Gasteiger partial charge in [0, 0.05) is 29.0 Å². The third-order valence-corrected chi connectivity index (χ3v) is 2.63. The molecule has 1 heterocycles. The molecule has 0 spiro atoms. The lowest BCUT2D eigenvalue weighted by atomic mass is 10.1. The van der Waals surface area contributed by atoms with Crippen LogP contribution in [0, 0.1) is 3.83 Å². The van der Waals surface area contributed by atoms with Crippen molar-refractivity contribution in [1.29, 1.82) is 0 Å². The third kappa shape index (κ3) is 4.93. The molecule has 0 atom stereocenters. The molecule has 0 amide bonds. The fourth-order valence-corrected chi connectivity index (χ4v) is 1.76. The van der Waals surface area contributed by atoms with Crippen LogP contribution in [0.5, 0.6) is 0 Å². The van der Waals surface area contributed by atoms with Crippen molar-refractivity contribution in [1.82, 2.24) is 10.1 Å². The Labute approximate surface area is 98.8 Å². The van der Waals surface area contributed by atoms with Gasteiger partial charge in [-0.15, -0.1) is 0 Å². The molecule has 0 fully saturated rings. The van der Waals surface area contributed by atoms with Gasteiger partial charge in [-0.25, -0.2) is 0 Å². The Morgan fingerprint density at radius 1 is 1.14 bits per heavy atom. The van der Waals surface area contributed by atoms with Gasteiger partial charge in [0.2, 0.25) is 9.72 Å². The maximum Gasteiger partial charge on any atom is 0.232 e. The van der Waals surface area contributed by atoms with E-state index in [1.807, 2.05) is 0 Å². The summed E-state index contributed by atoms with van der Waals surface area (Å²) in [7, 11) is 0. The van der Waals surface area contributed by atoms with E-state index < -0.39 is 0 Å². The zero-order chi connectivity index (χ0) is 10.2. The smallest absolute Gasteiger partial charge is 0.232 e. The van der Waals surface area contributed by atoms with Gasteiger partial charge in [0.25, 0.3) is 0 Å². The van der Waals surface area contributed by atoms with Crippen molar-refractivity contribution < 1.29 is 4.52 Å². The summed E-state index contributed by atoms with van der Waals surface area (Å²) in [5.41, 5.74) is 0. The molecular weight excluding hydrogens is 291 g/mol. The van der Waals surface area contributed by atoms with E-state index in [0.717, 1.165) is 12.3 Å². The normalized spacial score (nSPS) is 10.7. The van der Waals surface area contributed by atoms with Crippen LogP contribution in [0.4, 0.5) is 0 Å². The molecule has 0 N–H and O–H groups in total. The van der Waals surface area contributed by atoms with Gasteiger partial charge in [-0.1, -0.05) is 44.2 Å². The molecule has 1 aromatic heterocycles. The molecule has 3 nitrogen and oxygen atoms in total. The van der Waals surface area contributed by atoms with Crippen molar-refractivity contribution in [3.05, 3.63) is 9.72 Å². The third-order valence-electron chi connectivity index (χ3n) is 2.19. The van der Waals surface area contributed by atoms with Crippen molar-refractivity contribution in [3.63, 3.8) is 0 Å². The van der Waals surface area contributed by atoms with Gasteiger partial charge in [-0.2, -0.15) is 4.98 Å². The lowest BCUT2D eigenvalue weighted by Crippen LogP contribution is -1.86. The second-order valence-corrected chi connectivity index (χ2v) is 4.44. The van der Waals surface area contributed by atoms with Crippen LogP contribution in [0.3, 0.4) is 0 Å². The Bertz CT molecular complexity index is 250. The van der Waals surface area contributed by atoms with Crippen LogP contribution in [0.1, 0.15) is 51.3 Å². The second-order valence-electron chi connectivity index (χ2n) is 3.47. The molecule has 80 valence electrons. The highest BCUT2D eigenvalue weighted by atomic mass is 127. The number of unbranched alkanes of at least 4 members (excludes halogenated alkanes) is 5. The van der Waals surface area contributed by atoms with Crippen LogP contribution < -0.4 is 0 Å². The van der Waals surface area contributed by atoms with Crippen molar-refractivity contribution in [2.45, 2.75) is 51.9 Å². The van der Waals surface area contributed by atoms with E-state index in [4.69, 9.17) is 4.52 Å². The molecular formula is C10H17IN2O. The molecule has 0 radical (unpaired) electrons. The molecule has 14 heavy (non-hydrogen) atoms. The van der Waals surface area contributed by atoms with Crippen LogP contribution in [-0.2, 0) is 6.42 Å². The Morgan fingerprint density at radius 2 is 1.86 bits per heavy atom. The standard InChI is InChI=1S/C10H17IN2O/c1-2-3-4-5-6-7-8-9-12-10(11)13-14-9/h2-8H2,1H3. The van der Waals surface area contributed by atoms with E-state index >= 15 is 0 Å². The second kappa shape index (κ2) is 7.20. The summed E-state index contributed by atoms with van der Waals surface area (Å²) in [6, 6.07) is 0. The minimum Gasteiger partial charge on any atom is -0.339 e. The summed E-state index contributed by atoms with van der Waals surface area (Å²) < 4.78 is 5.74. The van der Waals surface area contributed by atoms with E-state index in [0.29, 0.717) is 3.83 Å². The van der Waals surface area contributed by atoms with Crippen LogP contribution in [-0.4, -0.2) is 10.1 Å². The largest absolute Gasteiger partial charge is 0.339 e. The van der Waals surface area contributed by atoms with Crippen molar-refractivity contribution in [3.8, 4) is 0 Å². The zero-order valence-corrected chi connectivity index (χ0v) is 10.8. The monoisotopic (exact) mass is 308 g/mol. The molecule has 0 aliphatic carbocycles. The predicted octanol–water partition coefficient (Wildman–Crippen LogP) is 3.58.